The van der Waals surface area contributed by atoms with Crippen molar-refractivity contribution in [2.24, 2.45) is 0 Å². The van der Waals surface area contributed by atoms with Crippen molar-refractivity contribution in [2.75, 3.05) is 25.1 Å². The van der Waals surface area contributed by atoms with Crippen LogP contribution in [0.1, 0.15) is 23.1 Å². The van der Waals surface area contributed by atoms with Crippen LogP contribution < -0.4 is 9.64 Å². The Morgan fingerprint density at radius 2 is 1.71 bits per heavy atom. The number of sulfonamides is 1. The van der Waals surface area contributed by atoms with Crippen LogP contribution in [0.2, 0.25) is 0 Å². The molecule has 1 saturated heterocycles. The largest absolute Gasteiger partial charge is 0.497 e. The molecule has 3 aromatic carbocycles. The number of aryl methyl sites for hydroxylation is 1. The first-order chi connectivity index (χ1) is 16.9. The lowest BCUT2D eigenvalue weighted by molar-refractivity contribution is -0.104. The van der Waals surface area contributed by atoms with Crippen LogP contribution in [0.3, 0.4) is 0 Å². The zero-order valence-corrected chi connectivity index (χ0v) is 20.7. The average Bonchev–Trinajstić information content (AvgIpc) is 3.39. The van der Waals surface area contributed by atoms with E-state index in [9.17, 15) is 13.2 Å². The third-order valence-electron chi connectivity index (χ3n) is 7.09. The maximum absolute atomic E-state index is 13.7. The van der Waals surface area contributed by atoms with Crippen LogP contribution in [0.25, 0.3) is 0 Å². The summed E-state index contributed by atoms with van der Waals surface area (Å²) in [4.78, 5) is 14.3. The van der Waals surface area contributed by atoms with E-state index >= 15 is 0 Å². The van der Waals surface area contributed by atoms with E-state index in [4.69, 9.17) is 4.74 Å². The van der Waals surface area contributed by atoms with Gasteiger partial charge in [-0.05, 0) is 60.9 Å². The van der Waals surface area contributed by atoms with Crippen molar-refractivity contribution in [3.8, 4) is 5.75 Å². The Kier molecular flexibility index (Phi) is 5.89. The van der Waals surface area contributed by atoms with Crippen LogP contribution in [0, 0.1) is 6.92 Å². The van der Waals surface area contributed by atoms with Gasteiger partial charge in [-0.25, -0.2) is 8.42 Å². The molecule has 0 aromatic heterocycles. The molecule has 6 nitrogen and oxygen atoms in total. The minimum atomic E-state index is -3.80. The Labute approximate surface area is 206 Å². The number of allylic oxidation sites excluding steroid dienone is 1. The second kappa shape index (κ2) is 8.89. The molecule has 0 bridgehead atoms. The molecular weight excluding hydrogens is 460 g/mol. The van der Waals surface area contributed by atoms with Gasteiger partial charge in [0, 0.05) is 31.0 Å². The van der Waals surface area contributed by atoms with Crippen molar-refractivity contribution in [1.29, 1.82) is 0 Å². The average molecular weight is 489 g/mol. The van der Waals surface area contributed by atoms with Gasteiger partial charge in [0.2, 0.25) is 0 Å². The van der Waals surface area contributed by atoms with Crippen molar-refractivity contribution in [3.63, 3.8) is 0 Å². The Bertz CT molecular complexity index is 1380. The van der Waals surface area contributed by atoms with Crippen LogP contribution in [0.5, 0.6) is 5.75 Å². The number of rotatable bonds is 6. The number of para-hydroxylation sites is 1. The van der Waals surface area contributed by atoms with E-state index < -0.39 is 15.4 Å². The first-order valence-electron chi connectivity index (χ1n) is 11.6. The van der Waals surface area contributed by atoms with Crippen LogP contribution in [0.15, 0.2) is 89.5 Å². The molecule has 0 radical (unpaired) electrons. The highest BCUT2D eigenvalue weighted by atomic mass is 32.2. The Morgan fingerprint density at radius 1 is 1.00 bits per heavy atom. The topological polar surface area (TPSA) is 66.9 Å². The summed E-state index contributed by atoms with van der Waals surface area (Å²) in [6.45, 7) is 3.51. The molecule has 0 unspecified atom stereocenters. The number of fused-ring (bicyclic) bond motifs is 2. The van der Waals surface area contributed by atoms with Gasteiger partial charge in [0.15, 0.2) is 0 Å². The highest BCUT2D eigenvalue weighted by Crippen LogP contribution is 2.53. The van der Waals surface area contributed by atoms with Gasteiger partial charge in [-0.2, -0.15) is 0 Å². The monoisotopic (exact) mass is 488 g/mol. The van der Waals surface area contributed by atoms with Gasteiger partial charge in [0.1, 0.15) is 12.0 Å². The van der Waals surface area contributed by atoms with E-state index in [0.29, 0.717) is 38.0 Å². The fourth-order valence-electron chi connectivity index (χ4n) is 5.35. The standard InChI is InChI=1S/C28H28N2O4S/c1-21-7-13-24(14-8-21)35(32,33)30-17-16-28(27(30)15-18-31)20-29(26-6-4-3-5-25(26)28)19-22-9-11-23(34-2)12-10-22/h3-15,18H,16-17,19-20H2,1-2H3/b27-15-/t28-/m0/s1. The van der Waals surface area contributed by atoms with Gasteiger partial charge < -0.3 is 9.64 Å². The van der Waals surface area contributed by atoms with Crippen LogP contribution in [0.4, 0.5) is 5.69 Å². The van der Waals surface area contributed by atoms with Crippen molar-refractivity contribution in [2.45, 2.75) is 30.2 Å². The number of nitrogens with zero attached hydrogens (tertiary/aromatic N) is 2. The molecule has 7 heteroatoms. The number of carbonyl (C=O) groups excluding carboxylic acids is 1. The Morgan fingerprint density at radius 3 is 2.40 bits per heavy atom. The summed E-state index contributed by atoms with van der Waals surface area (Å²) in [5.74, 6) is 0.802. The summed E-state index contributed by atoms with van der Waals surface area (Å²) in [6.07, 6.45) is 2.75. The molecule has 1 atom stereocenters. The number of hydrogen-bond donors (Lipinski definition) is 0. The first kappa shape index (κ1) is 23.2. The number of ether oxygens (including phenoxy) is 1. The van der Waals surface area contributed by atoms with Crippen molar-refractivity contribution >= 4 is 22.0 Å². The van der Waals surface area contributed by atoms with Crippen LogP contribution >= 0.6 is 0 Å². The molecule has 1 spiro atoms. The maximum Gasteiger partial charge on any atom is 0.264 e. The lowest BCUT2D eigenvalue weighted by atomic mass is 9.79. The van der Waals surface area contributed by atoms with Crippen molar-refractivity contribution < 1.29 is 17.9 Å². The predicted molar refractivity (Wildman–Crippen MR) is 136 cm³/mol. The fraction of sp³-hybridized carbons (Fsp3) is 0.250. The van der Waals surface area contributed by atoms with Crippen molar-refractivity contribution in [1.82, 2.24) is 4.31 Å². The molecule has 0 saturated carbocycles. The normalized spacial score (nSPS) is 20.5. The molecule has 1 fully saturated rings. The van der Waals surface area contributed by atoms with Gasteiger partial charge in [-0.15, -0.1) is 0 Å². The summed E-state index contributed by atoms with van der Waals surface area (Å²) in [7, 11) is -2.16. The van der Waals surface area contributed by atoms with E-state index in [2.05, 4.69) is 17.0 Å². The summed E-state index contributed by atoms with van der Waals surface area (Å²) < 4.78 is 34.0. The molecule has 0 N–H and O–H groups in total. The number of aldehydes is 1. The number of benzene rings is 3. The van der Waals surface area contributed by atoms with Crippen LogP contribution in [-0.4, -0.2) is 39.2 Å². The van der Waals surface area contributed by atoms with Gasteiger partial charge >= 0.3 is 0 Å². The molecule has 3 aromatic rings. The zero-order valence-electron chi connectivity index (χ0n) is 19.8. The van der Waals surface area contributed by atoms with E-state index in [1.807, 2.05) is 43.3 Å². The second-order valence-corrected chi connectivity index (χ2v) is 11.0. The molecule has 35 heavy (non-hydrogen) atoms. The molecule has 5 rings (SSSR count). The maximum atomic E-state index is 13.7. The van der Waals surface area contributed by atoms with Gasteiger partial charge in [-0.3, -0.25) is 9.10 Å². The first-order valence-corrected chi connectivity index (χ1v) is 13.1. The molecule has 0 aliphatic carbocycles. The summed E-state index contributed by atoms with van der Waals surface area (Å²) in [5, 5.41) is 0. The molecule has 0 amide bonds. The van der Waals surface area contributed by atoms with Gasteiger partial charge in [-0.1, -0.05) is 48.0 Å². The fourth-order valence-corrected chi connectivity index (χ4v) is 6.91. The molecular formula is C28H28N2O4S. The summed E-state index contributed by atoms with van der Waals surface area (Å²) >= 11 is 0. The Balaban J connectivity index is 1.54. The minimum absolute atomic E-state index is 0.235. The van der Waals surface area contributed by atoms with Crippen LogP contribution in [-0.2, 0) is 26.8 Å². The molecule has 2 heterocycles. The second-order valence-electron chi connectivity index (χ2n) is 9.13. The number of carbonyl (C=O) groups is 1. The third kappa shape index (κ3) is 3.90. The number of hydrogen-bond acceptors (Lipinski definition) is 5. The highest BCUT2D eigenvalue weighted by Gasteiger charge is 2.53. The minimum Gasteiger partial charge on any atom is -0.497 e. The smallest absolute Gasteiger partial charge is 0.264 e. The van der Waals surface area contributed by atoms with Gasteiger partial charge in [0.05, 0.1) is 17.4 Å². The molecule has 180 valence electrons. The molecule has 2 aliphatic heterocycles. The van der Waals surface area contributed by atoms with E-state index in [1.54, 1.807) is 31.4 Å². The lowest BCUT2D eigenvalue weighted by Gasteiger charge is -2.30. The Hall–Kier alpha value is -3.58. The number of methoxy groups -OCH3 is 1. The van der Waals surface area contributed by atoms with E-state index in [-0.39, 0.29) is 4.90 Å². The predicted octanol–water partition coefficient (Wildman–Crippen LogP) is 4.44. The quantitative estimate of drug-likeness (QED) is 0.379. The van der Waals surface area contributed by atoms with E-state index in [1.165, 1.54) is 10.4 Å². The SMILES string of the molecule is COc1ccc(CN2C[C@@]3(CCN(S(=O)(=O)c4ccc(C)cc4)/C3=C\C=O)c3ccccc32)cc1. The number of anilines is 1. The highest BCUT2D eigenvalue weighted by molar-refractivity contribution is 7.89. The lowest BCUT2D eigenvalue weighted by Crippen LogP contribution is -2.36. The summed E-state index contributed by atoms with van der Waals surface area (Å²) in [5.41, 5.74) is 4.20. The zero-order chi connectivity index (χ0) is 24.6. The molecule has 2 aliphatic rings. The third-order valence-corrected chi connectivity index (χ3v) is 8.92. The van der Waals surface area contributed by atoms with Crippen molar-refractivity contribution in [3.05, 3.63) is 101 Å². The summed E-state index contributed by atoms with van der Waals surface area (Å²) in [6, 6.07) is 22.9. The van der Waals surface area contributed by atoms with E-state index in [0.717, 1.165) is 28.1 Å². The van der Waals surface area contributed by atoms with Gasteiger partial charge in [0.25, 0.3) is 10.0 Å².